The third-order valence-corrected chi connectivity index (χ3v) is 7.16. The summed E-state index contributed by atoms with van der Waals surface area (Å²) in [6.45, 7) is 1.81. The Kier molecular flexibility index (Phi) is 8.54. The number of rotatable bonds is 8. The molecule has 4 nitrogen and oxygen atoms in total. The van der Waals surface area contributed by atoms with E-state index in [-0.39, 0.29) is 24.1 Å². The Morgan fingerprint density at radius 1 is 0.846 bits per heavy atom. The van der Waals surface area contributed by atoms with Gasteiger partial charge >= 0.3 is 12.5 Å². The van der Waals surface area contributed by atoms with Crippen LogP contribution < -0.4 is 10.1 Å². The molecule has 1 aliphatic rings. The zero-order chi connectivity index (χ0) is 28.1. The summed E-state index contributed by atoms with van der Waals surface area (Å²) in [6.07, 6.45) is -7.88. The van der Waals surface area contributed by atoms with Crippen molar-refractivity contribution < 1.29 is 35.9 Å². The summed E-state index contributed by atoms with van der Waals surface area (Å²) in [5, 5.41) is 2.80. The highest BCUT2D eigenvalue weighted by atomic mass is 19.4. The minimum Gasteiger partial charge on any atom is -0.405 e. The van der Waals surface area contributed by atoms with Gasteiger partial charge in [0.05, 0.1) is 11.1 Å². The van der Waals surface area contributed by atoms with Gasteiger partial charge in [0, 0.05) is 18.5 Å². The van der Waals surface area contributed by atoms with E-state index in [0.29, 0.717) is 32.5 Å². The number of piperidine rings is 1. The molecule has 1 heterocycles. The molecule has 3 aromatic carbocycles. The van der Waals surface area contributed by atoms with Crippen molar-refractivity contribution in [3.8, 4) is 5.75 Å². The highest BCUT2D eigenvalue weighted by Gasteiger charge is 2.38. The second-order valence-corrected chi connectivity index (χ2v) is 9.62. The van der Waals surface area contributed by atoms with Crippen molar-refractivity contribution in [1.29, 1.82) is 0 Å². The lowest BCUT2D eigenvalue weighted by Gasteiger charge is -2.42. The molecule has 0 radical (unpaired) electrons. The Hall–Kier alpha value is -3.53. The lowest BCUT2D eigenvalue weighted by atomic mass is 9.72. The second-order valence-electron chi connectivity index (χ2n) is 9.62. The molecule has 208 valence electrons. The van der Waals surface area contributed by atoms with E-state index < -0.39 is 35.2 Å². The van der Waals surface area contributed by atoms with Gasteiger partial charge in [-0.05, 0) is 61.7 Å². The van der Waals surface area contributed by atoms with Crippen molar-refractivity contribution in [3.63, 3.8) is 0 Å². The molecular formula is C29H28F6N2O2. The molecule has 10 heteroatoms. The SMILES string of the molecule is O=C(NCC1(c2ccccc2)CCN(CCc2ccccc2C(F)(F)F)CC1)c1ccccc1OC(F)(F)F. The van der Waals surface area contributed by atoms with Gasteiger partial charge in [0.2, 0.25) is 0 Å². The summed E-state index contributed by atoms with van der Waals surface area (Å²) in [7, 11) is 0. The molecule has 0 aromatic heterocycles. The number of halogens is 6. The van der Waals surface area contributed by atoms with E-state index in [1.165, 1.54) is 30.3 Å². The molecule has 1 aliphatic heterocycles. The standard InChI is InChI=1S/C29H28F6N2O2/c30-28(31,32)24-12-6-4-8-21(24)14-17-37-18-15-27(16-19-37,22-9-2-1-3-10-22)20-36-26(38)23-11-5-7-13-25(23)39-29(33,34)35/h1-13H,14-20H2,(H,36,38). The first-order chi connectivity index (χ1) is 18.5. The number of hydrogen-bond donors (Lipinski definition) is 1. The average molecular weight is 551 g/mol. The molecular weight excluding hydrogens is 522 g/mol. The van der Waals surface area contributed by atoms with Crippen LogP contribution in [0.3, 0.4) is 0 Å². The van der Waals surface area contributed by atoms with Crippen LogP contribution in [0.5, 0.6) is 5.75 Å². The zero-order valence-corrected chi connectivity index (χ0v) is 21.0. The quantitative estimate of drug-likeness (QED) is 0.321. The van der Waals surface area contributed by atoms with Crippen LogP contribution in [-0.4, -0.2) is 43.3 Å². The molecule has 0 aliphatic carbocycles. The number of likely N-dealkylation sites (tertiary alicyclic amines) is 1. The zero-order valence-electron chi connectivity index (χ0n) is 21.0. The summed E-state index contributed by atoms with van der Waals surface area (Å²) >= 11 is 0. The molecule has 0 atom stereocenters. The van der Waals surface area contributed by atoms with Gasteiger partial charge in [0.15, 0.2) is 0 Å². The predicted molar refractivity (Wildman–Crippen MR) is 134 cm³/mol. The summed E-state index contributed by atoms with van der Waals surface area (Å²) in [5.74, 6) is -1.26. The number of amides is 1. The lowest BCUT2D eigenvalue weighted by Crippen LogP contribution is -2.49. The van der Waals surface area contributed by atoms with Crippen LogP contribution in [0.25, 0.3) is 0 Å². The van der Waals surface area contributed by atoms with Gasteiger partial charge in [-0.3, -0.25) is 4.79 Å². The largest absolute Gasteiger partial charge is 0.573 e. The number of benzene rings is 3. The normalized spacial score (nSPS) is 16.1. The fourth-order valence-electron chi connectivity index (χ4n) is 5.07. The number of alkyl halides is 6. The summed E-state index contributed by atoms with van der Waals surface area (Å²) in [6, 6.07) is 20.3. The Balaban J connectivity index is 1.44. The van der Waals surface area contributed by atoms with E-state index in [1.54, 1.807) is 6.07 Å². The van der Waals surface area contributed by atoms with Crippen molar-refractivity contribution in [1.82, 2.24) is 10.2 Å². The molecule has 4 rings (SSSR count). The average Bonchev–Trinajstić information content (AvgIpc) is 2.91. The van der Waals surface area contributed by atoms with Crippen molar-refractivity contribution in [2.24, 2.45) is 0 Å². The van der Waals surface area contributed by atoms with E-state index in [9.17, 15) is 31.1 Å². The minimum atomic E-state index is -4.94. The van der Waals surface area contributed by atoms with Gasteiger partial charge in [0.25, 0.3) is 5.91 Å². The Morgan fingerprint density at radius 2 is 1.46 bits per heavy atom. The first-order valence-corrected chi connectivity index (χ1v) is 12.5. The molecule has 0 bridgehead atoms. The number of nitrogens with zero attached hydrogens (tertiary/aromatic N) is 1. The molecule has 3 aromatic rings. The second kappa shape index (κ2) is 11.7. The van der Waals surface area contributed by atoms with Gasteiger partial charge < -0.3 is 15.0 Å². The number of nitrogens with one attached hydrogen (secondary N) is 1. The number of para-hydroxylation sites is 1. The maximum Gasteiger partial charge on any atom is 0.573 e. The van der Waals surface area contributed by atoms with E-state index in [4.69, 9.17) is 0 Å². The molecule has 0 unspecified atom stereocenters. The fourth-order valence-corrected chi connectivity index (χ4v) is 5.07. The van der Waals surface area contributed by atoms with Crippen LogP contribution in [0.1, 0.15) is 39.9 Å². The molecule has 0 spiro atoms. The highest BCUT2D eigenvalue weighted by Crippen LogP contribution is 2.36. The van der Waals surface area contributed by atoms with E-state index in [0.717, 1.165) is 17.7 Å². The smallest absolute Gasteiger partial charge is 0.405 e. The van der Waals surface area contributed by atoms with Gasteiger partial charge in [0.1, 0.15) is 5.75 Å². The van der Waals surface area contributed by atoms with E-state index in [2.05, 4.69) is 15.0 Å². The third kappa shape index (κ3) is 7.32. The topological polar surface area (TPSA) is 41.6 Å². The minimum absolute atomic E-state index is 0.181. The van der Waals surface area contributed by atoms with Crippen molar-refractivity contribution in [2.45, 2.75) is 37.2 Å². The van der Waals surface area contributed by atoms with Gasteiger partial charge in [-0.15, -0.1) is 13.2 Å². The molecule has 1 fully saturated rings. The lowest BCUT2D eigenvalue weighted by molar-refractivity contribution is -0.274. The van der Waals surface area contributed by atoms with Gasteiger partial charge in [-0.25, -0.2) is 0 Å². The predicted octanol–water partition coefficient (Wildman–Crippen LogP) is 6.61. The Labute approximate surface area is 222 Å². The molecule has 0 saturated carbocycles. The number of ether oxygens (including phenoxy) is 1. The van der Waals surface area contributed by atoms with Crippen molar-refractivity contribution in [2.75, 3.05) is 26.2 Å². The number of carbonyl (C=O) groups excluding carboxylic acids is 1. The van der Waals surface area contributed by atoms with Crippen LogP contribution in [0.2, 0.25) is 0 Å². The van der Waals surface area contributed by atoms with E-state index in [1.807, 2.05) is 30.3 Å². The monoisotopic (exact) mass is 550 g/mol. The number of carbonyl (C=O) groups is 1. The highest BCUT2D eigenvalue weighted by molar-refractivity contribution is 5.97. The maximum absolute atomic E-state index is 13.4. The molecule has 1 N–H and O–H groups in total. The van der Waals surface area contributed by atoms with Crippen LogP contribution in [-0.2, 0) is 18.0 Å². The van der Waals surface area contributed by atoms with Crippen LogP contribution in [0.4, 0.5) is 26.3 Å². The Morgan fingerprint density at radius 3 is 2.13 bits per heavy atom. The van der Waals surface area contributed by atoms with Gasteiger partial charge in [-0.1, -0.05) is 60.7 Å². The number of hydrogen-bond acceptors (Lipinski definition) is 3. The molecule has 39 heavy (non-hydrogen) atoms. The summed E-state index contributed by atoms with van der Waals surface area (Å²) < 4.78 is 82.6. The third-order valence-electron chi connectivity index (χ3n) is 7.16. The summed E-state index contributed by atoms with van der Waals surface area (Å²) in [4.78, 5) is 15.0. The van der Waals surface area contributed by atoms with Crippen LogP contribution in [0, 0.1) is 0 Å². The van der Waals surface area contributed by atoms with Crippen LogP contribution in [0.15, 0.2) is 78.9 Å². The van der Waals surface area contributed by atoms with Crippen molar-refractivity contribution >= 4 is 5.91 Å². The molecule has 1 saturated heterocycles. The van der Waals surface area contributed by atoms with Crippen molar-refractivity contribution in [3.05, 3.63) is 101 Å². The fraction of sp³-hybridized carbons (Fsp3) is 0.345. The Bertz CT molecular complexity index is 1250. The summed E-state index contributed by atoms with van der Waals surface area (Å²) in [5.41, 5.74) is -0.113. The van der Waals surface area contributed by atoms with Crippen LogP contribution >= 0.6 is 0 Å². The molecule has 1 amide bonds. The van der Waals surface area contributed by atoms with Gasteiger partial charge in [-0.2, -0.15) is 13.2 Å². The first-order valence-electron chi connectivity index (χ1n) is 12.5. The maximum atomic E-state index is 13.4. The van der Waals surface area contributed by atoms with E-state index >= 15 is 0 Å². The first kappa shape index (κ1) is 28.5.